The largest absolute Gasteiger partial charge is 0.323 e. The Kier molecular flexibility index (Phi) is 4.42. The third-order valence-electron chi connectivity index (χ3n) is 2.89. The van der Waals surface area contributed by atoms with Crippen LogP contribution in [0.15, 0.2) is 12.1 Å². The molecule has 1 aromatic rings. The van der Waals surface area contributed by atoms with Crippen molar-refractivity contribution in [3.05, 3.63) is 34.4 Å². The molecule has 0 spiro atoms. The van der Waals surface area contributed by atoms with E-state index in [-0.39, 0.29) is 0 Å². The van der Waals surface area contributed by atoms with Gasteiger partial charge in [0.25, 0.3) is 6.43 Å². The zero-order valence-corrected chi connectivity index (χ0v) is 10.1. The summed E-state index contributed by atoms with van der Waals surface area (Å²) in [5, 5.41) is 0. The summed E-state index contributed by atoms with van der Waals surface area (Å²) in [7, 11) is 0. The van der Waals surface area contributed by atoms with E-state index in [4.69, 9.17) is 5.73 Å². The standard InChI is InChI=1S/C13H19F2N/c1-8-6-9(2)11(10(3)7-8)4-5-12(16)13(14)15/h6-7,12-13H,4-5,16H2,1-3H3. The van der Waals surface area contributed by atoms with Crippen molar-refractivity contribution in [2.45, 2.75) is 46.1 Å². The number of benzene rings is 1. The Hall–Kier alpha value is -0.960. The molecule has 0 heterocycles. The normalized spacial score (nSPS) is 13.2. The molecule has 1 nitrogen and oxygen atoms in total. The SMILES string of the molecule is Cc1cc(C)c(CCC(N)C(F)F)c(C)c1. The highest BCUT2D eigenvalue weighted by Gasteiger charge is 2.15. The van der Waals surface area contributed by atoms with E-state index in [1.807, 2.05) is 20.8 Å². The summed E-state index contributed by atoms with van der Waals surface area (Å²) in [5.74, 6) is 0. The predicted octanol–water partition coefficient (Wildman–Crippen LogP) is 3.14. The van der Waals surface area contributed by atoms with Gasteiger partial charge in [-0.3, -0.25) is 0 Å². The fourth-order valence-electron chi connectivity index (χ4n) is 2.04. The van der Waals surface area contributed by atoms with E-state index in [1.54, 1.807) is 0 Å². The molecule has 0 aliphatic rings. The quantitative estimate of drug-likeness (QED) is 0.840. The number of aryl methyl sites for hydroxylation is 3. The highest BCUT2D eigenvalue weighted by atomic mass is 19.3. The maximum Gasteiger partial charge on any atom is 0.253 e. The first-order chi connectivity index (χ1) is 7.41. The van der Waals surface area contributed by atoms with Crippen molar-refractivity contribution in [3.8, 4) is 0 Å². The van der Waals surface area contributed by atoms with Crippen LogP contribution in [0.5, 0.6) is 0 Å². The molecule has 16 heavy (non-hydrogen) atoms. The Morgan fingerprint density at radius 1 is 1.12 bits per heavy atom. The minimum absolute atomic E-state index is 0.336. The molecule has 3 heteroatoms. The molecule has 0 aliphatic heterocycles. The number of nitrogens with two attached hydrogens (primary N) is 1. The van der Waals surface area contributed by atoms with Gasteiger partial charge in [-0.1, -0.05) is 17.7 Å². The van der Waals surface area contributed by atoms with Crippen molar-refractivity contribution < 1.29 is 8.78 Å². The van der Waals surface area contributed by atoms with Gasteiger partial charge in [0.15, 0.2) is 0 Å². The summed E-state index contributed by atoms with van der Waals surface area (Å²) in [6.07, 6.45) is -1.46. The second-order valence-electron chi connectivity index (χ2n) is 4.41. The van der Waals surface area contributed by atoms with Crippen LogP contribution in [0.3, 0.4) is 0 Å². The molecule has 0 aliphatic carbocycles. The van der Waals surface area contributed by atoms with Crippen LogP contribution in [-0.4, -0.2) is 12.5 Å². The van der Waals surface area contributed by atoms with E-state index in [9.17, 15) is 8.78 Å². The van der Waals surface area contributed by atoms with E-state index in [2.05, 4.69) is 12.1 Å². The second-order valence-corrected chi connectivity index (χ2v) is 4.41. The predicted molar refractivity (Wildman–Crippen MR) is 63.0 cm³/mol. The lowest BCUT2D eigenvalue weighted by molar-refractivity contribution is 0.112. The van der Waals surface area contributed by atoms with Crippen molar-refractivity contribution in [2.75, 3.05) is 0 Å². The summed E-state index contributed by atoms with van der Waals surface area (Å²) in [4.78, 5) is 0. The first kappa shape index (κ1) is 13.1. The van der Waals surface area contributed by atoms with Gasteiger partial charge in [0, 0.05) is 0 Å². The van der Waals surface area contributed by atoms with E-state index < -0.39 is 12.5 Å². The van der Waals surface area contributed by atoms with Crippen molar-refractivity contribution in [3.63, 3.8) is 0 Å². The van der Waals surface area contributed by atoms with Crippen LogP contribution in [0.2, 0.25) is 0 Å². The van der Waals surface area contributed by atoms with Gasteiger partial charge in [-0.05, 0) is 50.3 Å². The molecule has 1 rings (SSSR count). The first-order valence-corrected chi connectivity index (χ1v) is 5.52. The molecule has 0 bridgehead atoms. The first-order valence-electron chi connectivity index (χ1n) is 5.52. The zero-order valence-electron chi connectivity index (χ0n) is 10.1. The molecular weight excluding hydrogens is 208 g/mol. The minimum atomic E-state index is -2.42. The third kappa shape index (κ3) is 3.27. The van der Waals surface area contributed by atoms with E-state index in [1.165, 1.54) is 16.7 Å². The maximum atomic E-state index is 12.3. The Balaban J connectivity index is 2.74. The summed E-state index contributed by atoms with van der Waals surface area (Å²) in [6, 6.07) is 3.15. The van der Waals surface area contributed by atoms with Gasteiger partial charge in [0.05, 0.1) is 6.04 Å². The molecule has 0 fully saturated rings. The number of alkyl halides is 2. The van der Waals surface area contributed by atoms with Crippen LogP contribution < -0.4 is 5.73 Å². The molecule has 1 unspecified atom stereocenters. The number of rotatable bonds is 4. The Labute approximate surface area is 95.7 Å². The van der Waals surface area contributed by atoms with Gasteiger partial charge in [-0.2, -0.15) is 0 Å². The lowest BCUT2D eigenvalue weighted by atomic mass is 9.95. The van der Waals surface area contributed by atoms with Crippen molar-refractivity contribution in [1.82, 2.24) is 0 Å². The zero-order chi connectivity index (χ0) is 12.3. The molecule has 2 N–H and O–H groups in total. The van der Waals surface area contributed by atoms with Crippen molar-refractivity contribution in [2.24, 2.45) is 5.73 Å². The second kappa shape index (κ2) is 5.39. The van der Waals surface area contributed by atoms with Crippen LogP contribution in [-0.2, 0) is 6.42 Å². The Morgan fingerprint density at radius 2 is 1.62 bits per heavy atom. The molecule has 1 atom stereocenters. The number of hydrogen-bond acceptors (Lipinski definition) is 1. The molecule has 0 saturated heterocycles. The highest BCUT2D eigenvalue weighted by molar-refractivity contribution is 5.37. The maximum absolute atomic E-state index is 12.3. The molecule has 1 aromatic carbocycles. The van der Waals surface area contributed by atoms with Gasteiger partial charge >= 0.3 is 0 Å². The fourth-order valence-corrected chi connectivity index (χ4v) is 2.04. The fraction of sp³-hybridized carbons (Fsp3) is 0.538. The molecule has 0 saturated carbocycles. The van der Waals surface area contributed by atoms with Gasteiger partial charge < -0.3 is 5.73 Å². The van der Waals surface area contributed by atoms with Crippen LogP contribution >= 0.6 is 0 Å². The Bertz CT molecular complexity index is 338. The minimum Gasteiger partial charge on any atom is -0.323 e. The van der Waals surface area contributed by atoms with Crippen molar-refractivity contribution >= 4 is 0 Å². The van der Waals surface area contributed by atoms with E-state index in [0.29, 0.717) is 12.8 Å². The van der Waals surface area contributed by atoms with E-state index >= 15 is 0 Å². The molecule has 0 amide bonds. The monoisotopic (exact) mass is 227 g/mol. The average Bonchev–Trinajstić information content (AvgIpc) is 2.15. The number of hydrogen-bond donors (Lipinski definition) is 1. The lowest BCUT2D eigenvalue weighted by Gasteiger charge is -2.14. The summed E-state index contributed by atoms with van der Waals surface area (Å²) >= 11 is 0. The Morgan fingerprint density at radius 3 is 2.06 bits per heavy atom. The van der Waals surface area contributed by atoms with Gasteiger partial charge in [0.1, 0.15) is 0 Å². The van der Waals surface area contributed by atoms with Crippen LogP contribution in [0, 0.1) is 20.8 Å². The van der Waals surface area contributed by atoms with Gasteiger partial charge in [0.2, 0.25) is 0 Å². The van der Waals surface area contributed by atoms with Crippen LogP contribution in [0.4, 0.5) is 8.78 Å². The van der Waals surface area contributed by atoms with Gasteiger partial charge in [-0.25, -0.2) is 8.78 Å². The molecule has 0 radical (unpaired) electrons. The number of halogens is 2. The lowest BCUT2D eigenvalue weighted by Crippen LogP contribution is -2.29. The summed E-state index contributed by atoms with van der Waals surface area (Å²) < 4.78 is 24.5. The molecular formula is C13H19F2N. The highest BCUT2D eigenvalue weighted by Crippen LogP contribution is 2.19. The molecule has 0 aromatic heterocycles. The summed E-state index contributed by atoms with van der Waals surface area (Å²) in [6.45, 7) is 6.07. The summed E-state index contributed by atoms with van der Waals surface area (Å²) in [5.41, 5.74) is 10.0. The topological polar surface area (TPSA) is 26.0 Å². The molecule has 90 valence electrons. The van der Waals surface area contributed by atoms with Gasteiger partial charge in [-0.15, -0.1) is 0 Å². The van der Waals surface area contributed by atoms with E-state index in [0.717, 1.165) is 5.56 Å². The average molecular weight is 227 g/mol. The smallest absolute Gasteiger partial charge is 0.253 e. The third-order valence-corrected chi connectivity index (χ3v) is 2.89. The van der Waals surface area contributed by atoms with Crippen molar-refractivity contribution in [1.29, 1.82) is 0 Å². The van der Waals surface area contributed by atoms with Crippen LogP contribution in [0.1, 0.15) is 28.7 Å². The van der Waals surface area contributed by atoms with Crippen LogP contribution in [0.25, 0.3) is 0 Å².